The molecule has 0 aliphatic heterocycles. The van der Waals surface area contributed by atoms with Crippen LogP contribution in [-0.4, -0.2) is 9.38 Å². The largest absolute Gasteiger partial charge is 0.488 e. The zero-order chi connectivity index (χ0) is 20.7. The maximum Gasteiger partial charge on any atom is 0.274 e. The molecule has 2 aromatic heterocycles. The Morgan fingerprint density at radius 2 is 1.97 bits per heavy atom. The third-order valence-corrected chi connectivity index (χ3v) is 6.49. The van der Waals surface area contributed by atoms with Crippen molar-refractivity contribution in [2.75, 3.05) is 0 Å². The molecule has 0 aliphatic rings. The van der Waals surface area contributed by atoms with Gasteiger partial charge in [0.05, 0.1) is 19.1 Å². The van der Waals surface area contributed by atoms with E-state index in [1.54, 1.807) is 10.5 Å². The minimum atomic E-state index is -0.278. The summed E-state index contributed by atoms with van der Waals surface area (Å²) in [4.78, 5) is 18.1. The zero-order valence-electron chi connectivity index (χ0n) is 15.5. The third kappa shape index (κ3) is 3.59. The number of aromatic nitrogens is 2. The molecule has 0 unspecified atom stereocenters. The fraction of sp³-hybridized carbons (Fsp3) is 0.0435. The first-order valence-corrected chi connectivity index (χ1v) is 11.1. The average Bonchev–Trinajstić information content (AvgIpc) is 3.24. The number of imidazole rings is 1. The van der Waals surface area contributed by atoms with Crippen molar-refractivity contribution < 1.29 is 9.13 Å². The fourth-order valence-corrected chi connectivity index (χ4v) is 4.96. The second kappa shape index (κ2) is 7.81. The Balaban J connectivity index is 1.45. The van der Waals surface area contributed by atoms with Crippen LogP contribution in [0.1, 0.15) is 11.1 Å². The number of fused-ring (bicyclic) bond motifs is 3. The molecule has 0 atom stereocenters. The molecule has 4 nitrogen and oxygen atoms in total. The summed E-state index contributed by atoms with van der Waals surface area (Å²) in [6.07, 6.45) is 1.87. The number of hydrogen-bond donors (Lipinski definition) is 0. The topological polar surface area (TPSA) is 43.6 Å². The molecule has 0 saturated heterocycles. The average molecular weight is 528 g/mol. The highest BCUT2D eigenvalue weighted by Crippen LogP contribution is 2.24. The van der Waals surface area contributed by atoms with Gasteiger partial charge in [-0.2, -0.15) is 0 Å². The number of benzene rings is 3. The van der Waals surface area contributed by atoms with E-state index in [-0.39, 0.29) is 18.0 Å². The SMILES string of the molecule is O=c1/c(=C/c2ccc(OCc3cccc(F)c3)c(I)c2)sc2nc3ccccc3n12. The van der Waals surface area contributed by atoms with Crippen molar-refractivity contribution in [2.24, 2.45) is 0 Å². The monoisotopic (exact) mass is 528 g/mol. The molecule has 0 aliphatic carbocycles. The molecule has 0 radical (unpaired) electrons. The van der Waals surface area contributed by atoms with Crippen LogP contribution in [0.4, 0.5) is 4.39 Å². The molecule has 148 valence electrons. The van der Waals surface area contributed by atoms with Crippen molar-refractivity contribution >= 4 is 56.0 Å². The van der Waals surface area contributed by atoms with E-state index in [2.05, 4.69) is 27.6 Å². The maximum absolute atomic E-state index is 13.3. The predicted octanol–water partition coefficient (Wildman–Crippen LogP) is 4.78. The molecule has 30 heavy (non-hydrogen) atoms. The van der Waals surface area contributed by atoms with E-state index >= 15 is 0 Å². The molecule has 0 N–H and O–H groups in total. The van der Waals surface area contributed by atoms with Crippen LogP contribution in [0.25, 0.3) is 22.1 Å². The lowest BCUT2D eigenvalue weighted by molar-refractivity contribution is 0.303. The molecule has 0 saturated carbocycles. The normalized spacial score (nSPS) is 12.1. The first-order valence-electron chi connectivity index (χ1n) is 9.17. The first kappa shape index (κ1) is 19.2. The van der Waals surface area contributed by atoms with E-state index in [0.717, 1.165) is 25.7 Å². The molecule has 5 aromatic rings. The quantitative estimate of drug-likeness (QED) is 0.316. The Bertz CT molecular complexity index is 1510. The third-order valence-electron chi connectivity index (χ3n) is 4.68. The molecule has 0 fully saturated rings. The molecule has 0 bridgehead atoms. The lowest BCUT2D eigenvalue weighted by Crippen LogP contribution is -2.22. The van der Waals surface area contributed by atoms with Gasteiger partial charge in [-0.15, -0.1) is 0 Å². The van der Waals surface area contributed by atoms with Gasteiger partial charge in [-0.1, -0.05) is 41.7 Å². The van der Waals surface area contributed by atoms with Crippen molar-refractivity contribution in [3.05, 3.63) is 102 Å². The Kier molecular flexibility index (Phi) is 5.00. The predicted molar refractivity (Wildman–Crippen MR) is 126 cm³/mol. The Hall–Kier alpha value is -2.78. The highest BCUT2D eigenvalue weighted by Gasteiger charge is 2.11. The molecule has 5 rings (SSSR count). The zero-order valence-corrected chi connectivity index (χ0v) is 18.5. The fourth-order valence-electron chi connectivity index (χ4n) is 3.28. The summed E-state index contributed by atoms with van der Waals surface area (Å²) in [5, 5.41) is 0. The van der Waals surface area contributed by atoms with Crippen molar-refractivity contribution in [1.29, 1.82) is 0 Å². The van der Waals surface area contributed by atoms with Gasteiger partial charge >= 0.3 is 0 Å². The second-order valence-corrected chi connectivity index (χ2v) is 8.91. The summed E-state index contributed by atoms with van der Waals surface area (Å²) in [7, 11) is 0. The Labute approximate surface area is 188 Å². The number of thiazole rings is 1. The minimum Gasteiger partial charge on any atom is -0.488 e. The summed E-state index contributed by atoms with van der Waals surface area (Å²) < 4.78 is 22.3. The molecule has 7 heteroatoms. The lowest BCUT2D eigenvalue weighted by atomic mass is 10.2. The van der Waals surface area contributed by atoms with Gasteiger partial charge in [0.15, 0.2) is 4.96 Å². The Morgan fingerprint density at radius 3 is 2.80 bits per heavy atom. The second-order valence-electron chi connectivity index (χ2n) is 6.74. The van der Waals surface area contributed by atoms with Gasteiger partial charge in [-0.3, -0.25) is 4.79 Å². The van der Waals surface area contributed by atoms with Crippen molar-refractivity contribution in [3.63, 3.8) is 0 Å². The van der Waals surface area contributed by atoms with Crippen LogP contribution in [0, 0.1) is 9.39 Å². The van der Waals surface area contributed by atoms with Crippen molar-refractivity contribution in [2.45, 2.75) is 6.61 Å². The highest BCUT2D eigenvalue weighted by molar-refractivity contribution is 14.1. The lowest BCUT2D eigenvalue weighted by Gasteiger charge is -2.09. The molecule has 3 aromatic carbocycles. The van der Waals surface area contributed by atoms with Crippen LogP contribution >= 0.6 is 33.9 Å². The van der Waals surface area contributed by atoms with Gasteiger partial charge in [-0.05, 0) is 76.2 Å². The molecular weight excluding hydrogens is 514 g/mol. The van der Waals surface area contributed by atoms with Crippen LogP contribution in [0.2, 0.25) is 0 Å². The van der Waals surface area contributed by atoms with Crippen LogP contribution < -0.4 is 14.8 Å². The van der Waals surface area contributed by atoms with Crippen molar-refractivity contribution in [1.82, 2.24) is 9.38 Å². The van der Waals surface area contributed by atoms with Gasteiger partial charge in [0, 0.05) is 0 Å². The highest BCUT2D eigenvalue weighted by atomic mass is 127. The first-order chi connectivity index (χ1) is 14.6. The van der Waals surface area contributed by atoms with Crippen LogP contribution in [0.15, 0.2) is 71.5 Å². The number of nitrogens with zero attached hydrogens (tertiary/aromatic N) is 2. The number of rotatable bonds is 4. The minimum absolute atomic E-state index is 0.0647. The summed E-state index contributed by atoms with van der Waals surface area (Å²) in [6, 6.07) is 19.7. The molecule has 0 spiro atoms. The van der Waals surface area contributed by atoms with Crippen molar-refractivity contribution in [3.8, 4) is 5.75 Å². The summed E-state index contributed by atoms with van der Waals surface area (Å²) in [6.45, 7) is 0.288. The van der Waals surface area contributed by atoms with E-state index in [0.29, 0.717) is 15.2 Å². The number of halogens is 2. The van der Waals surface area contributed by atoms with Crippen LogP contribution in [0.5, 0.6) is 5.75 Å². The van der Waals surface area contributed by atoms with E-state index in [1.807, 2.05) is 54.6 Å². The van der Waals surface area contributed by atoms with E-state index in [1.165, 1.54) is 23.5 Å². The van der Waals surface area contributed by atoms with E-state index in [9.17, 15) is 9.18 Å². The van der Waals surface area contributed by atoms with Gasteiger partial charge in [-0.25, -0.2) is 13.8 Å². The number of ether oxygens (including phenoxy) is 1. The summed E-state index contributed by atoms with van der Waals surface area (Å²) >= 11 is 3.58. The van der Waals surface area contributed by atoms with Crippen LogP contribution in [0.3, 0.4) is 0 Å². The Morgan fingerprint density at radius 1 is 1.10 bits per heavy atom. The van der Waals surface area contributed by atoms with Gasteiger partial charge in [0.1, 0.15) is 18.2 Å². The number of hydrogen-bond acceptors (Lipinski definition) is 4. The summed E-state index contributed by atoms with van der Waals surface area (Å²) in [5.41, 5.74) is 3.26. The maximum atomic E-state index is 13.3. The summed E-state index contributed by atoms with van der Waals surface area (Å²) in [5.74, 6) is 0.436. The van der Waals surface area contributed by atoms with E-state index < -0.39 is 0 Å². The van der Waals surface area contributed by atoms with Crippen LogP contribution in [-0.2, 0) is 6.61 Å². The molecule has 0 amide bonds. The standard InChI is InChI=1S/C23H14FIN2O2S/c24-16-5-3-4-15(10-16)13-29-20-9-8-14(11-17(20)25)12-21-22(28)27-19-7-2-1-6-18(19)26-23(27)30-21/h1-12H,13H2/b21-12-. The van der Waals surface area contributed by atoms with Gasteiger partial charge in [0.25, 0.3) is 5.56 Å². The smallest absolute Gasteiger partial charge is 0.274 e. The van der Waals surface area contributed by atoms with Gasteiger partial charge in [0.2, 0.25) is 0 Å². The molecule has 2 heterocycles. The number of para-hydroxylation sites is 2. The van der Waals surface area contributed by atoms with E-state index in [4.69, 9.17) is 4.74 Å². The van der Waals surface area contributed by atoms with Gasteiger partial charge < -0.3 is 4.74 Å². The molecular formula is C23H14FIN2O2S.